The van der Waals surface area contributed by atoms with Gasteiger partial charge in [0, 0.05) is 5.33 Å². The standard InChI is InChI=1S/C19H37BrO8/c1-18(2)17-28-19(21)3-5-22-7-9-24-11-13-26-15-16-27-14-12-25-10-8-23-6-4-20/h18H,3-17H2,1-2H3. The molecule has 8 nitrogen and oxygen atoms in total. The molecule has 0 amide bonds. The Hall–Kier alpha value is -0.290. The molecular weight excluding hydrogens is 436 g/mol. The largest absolute Gasteiger partial charge is 0.465 e. The van der Waals surface area contributed by atoms with Crippen LogP contribution in [0.1, 0.15) is 20.3 Å². The maximum Gasteiger partial charge on any atom is 0.308 e. The fourth-order valence-electron chi connectivity index (χ4n) is 1.74. The molecule has 0 rings (SSSR count). The summed E-state index contributed by atoms with van der Waals surface area (Å²) in [4.78, 5) is 11.4. The number of halogens is 1. The molecule has 0 atom stereocenters. The van der Waals surface area contributed by atoms with Gasteiger partial charge in [-0.3, -0.25) is 4.79 Å². The number of hydrogen-bond acceptors (Lipinski definition) is 8. The van der Waals surface area contributed by atoms with Crippen LogP contribution in [-0.4, -0.2) is 97.2 Å². The van der Waals surface area contributed by atoms with E-state index in [1.807, 2.05) is 13.8 Å². The number of hydrogen-bond donors (Lipinski definition) is 0. The van der Waals surface area contributed by atoms with Crippen LogP contribution < -0.4 is 0 Å². The Morgan fingerprint density at radius 3 is 1.36 bits per heavy atom. The minimum absolute atomic E-state index is 0.226. The van der Waals surface area contributed by atoms with Gasteiger partial charge < -0.3 is 33.2 Å². The average molecular weight is 473 g/mol. The second kappa shape index (κ2) is 23.0. The lowest BCUT2D eigenvalue weighted by Gasteiger charge is -2.08. The van der Waals surface area contributed by atoms with E-state index in [4.69, 9.17) is 33.2 Å². The first-order valence-electron chi connectivity index (χ1n) is 9.84. The molecule has 168 valence electrons. The van der Waals surface area contributed by atoms with Crippen molar-refractivity contribution in [3.63, 3.8) is 0 Å². The maximum absolute atomic E-state index is 11.4. The van der Waals surface area contributed by atoms with E-state index in [9.17, 15) is 4.79 Å². The third kappa shape index (κ3) is 23.7. The number of ether oxygens (including phenoxy) is 7. The first kappa shape index (κ1) is 27.7. The number of alkyl halides is 1. The molecule has 0 saturated heterocycles. The van der Waals surface area contributed by atoms with Gasteiger partial charge in [0.05, 0.1) is 92.3 Å². The molecule has 0 aromatic carbocycles. The Kier molecular flexibility index (Phi) is 22.8. The van der Waals surface area contributed by atoms with E-state index < -0.39 is 0 Å². The molecule has 0 aromatic heterocycles. The lowest BCUT2D eigenvalue weighted by molar-refractivity contribution is -0.146. The fraction of sp³-hybridized carbons (Fsp3) is 0.947. The summed E-state index contributed by atoms with van der Waals surface area (Å²) in [6.45, 7) is 10.7. The molecule has 0 bridgehead atoms. The van der Waals surface area contributed by atoms with Gasteiger partial charge in [-0.05, 0) is 5.92 Å². The van der Waals surface area contributed by atoms with Crippen molar-refractivity contribution in [3.05, 3.63) is 0 Å². The van der Waals surface area contributed by atoms with Gasteiger partial charge in [0.1, 0.15) is 0 Å². The highest BCUT2D eigenvalue weighted by Crippen LogP contribution is 1.95. The molecule has 0 heterocycles. The fourth-order valence-corrected chi connectivity index (χ4v) is 1.97. The minimum atomic E-state index is -0.226. The average Bonchev–Trinajstić information content (AvgIpc) is 2.68. The number of rotatable bonds is 22. The highest BCUT2D eigenvalue weighted by Gasteiger charge is 2.04. The summed E-state index contributed by atoms with van der Waals surface area (Å²) in [6.07, 6.45) is 0.270. The number of carbonyl (C=O) groups is 1. The van der Waals surface area contributed by atoms with E-state index in [-0.39, 0.29) is 12.4 Å². The van der Waals surface area contributed by atoms with E-state index in [0.29, 0.717) is 91.8 Å². The first-order valence-corrected chi connectivity index (χ1v) is 11.0. The van der Waals surface area contributed by atoms with Crippen LogP contribution in [0.15, 0.2) is 0 Å². The Morgan fingerprint density at radius 1 is 0.643 bits per heavy atom. The van der Waals surface area contributed by atoms with Crippen LogP contribution in [0, 0.1) is 5.92 Å². The predicted octanol–water partition coefficient (Wildman–Crippen LogP) is 2.07. The highest BCUT2D eigenvalue weighted by molar-refractivity contribution is 9.09. The van der Waals surface area contributed by atoms with Gasteiger partial charge in [-0.1, -0.05) is 29.8 Å². The van der Waals surface area contributed by atoms with Crippen molar-refractivity contribution < 1.29 is 38.0 Å². The number of esters is 1. The molecule has 0 aliphatic carbocycles. The zero-order chi connectivity index (χ0) is 20.7. The quantitative estimate of drug-likeness (QED) is 0.134. The van der Waals surface area contributed by atoms with Gasteiger partial charge in [0.15, 0.2) is 0 Å². The SMILES string of the molecule is CC(C)COC(=O)CCOCCOCCOCCOCCOCCOCCBr. The molecule has 0 radical (unpaired) electrons. The van der Waals surface area contributed by atoms with Gasteiger partial charge in [-0.2, -0.15) is 0 Å². The molecule has 0 saturated carbocycles. The lowest BCUT2D eigenvalue weighted by Crippen LogP contribution is -2.15. The maximum atomic E-state index is 11.4. The van der Waals surface area contributed by atoms with Crippen molar-refractivity contribution in [2.24, 2.45) is 5.92 Å². The monoisotopic (exact) mass is 472 g/mol. The second-order valence-electron chi connectivity index (χ2n) is 6.19. The van der Waals surface area contributed by atoms with Gasteiger partial charge >= 0.3 is 5.97 Å². The molecule has 0 unspecified atom stereocenters. The van der Waals surface area contributed by atoms with E-state index in [2.05, 4.69) is 15.9 Å². The molecule has 9 heteroatoms. The van der Waals surface area contributed by atoms with Gasteiger partial charge in [0.25, 0.3) is 0 Å². The molecule has 0 N–H and O–H groups in total. The van der Waals surface area contributed by atoms with Crippen molar-refractivity contribution in [3.8, 4) is 0 Å². The topological polar surface area (TPSA) is 81.7 Å². The van der Waals surface area contributed by atoms with E-state index in [1.54, 1.807) is 0 Å². The minimum Gasteiger partial charge on any atom is -0.465 e. The van der Waals surface area contributed by atoms with Gasteiger partial charge in [0.2, 0.25) is 0 Å². The van der Waals surface area contributed by atoms with Crippen LogP contribution in [0.5, 0.6) is 0 Å². The molecule has 0 aliphatic heterocycles. The van der Waals surface area contributed by atoms with Crippen LogP contribution in [0.2, 0.25) is 0 Å². The second-order valence-corrected chi connectivity index (χ2v) is 6.98. The Morgan fingerprint density at radius 2 is 1.00 bits per heavy atom. The Labute approximate surface area is 177 Å². The molecule has 0 spiro atoms. The summed E-state index contributed by atoms with van der Waals surface area (Å²) in [7, 11) is 0. The summed E-state index contributed by atoms with van der Waals surface area (Å²) in [5.41, 5.74) is 0. The normalized spacial score (nSPS) is 11.3. The van der Waals surface area contributed by atoms with E-state index >= 15 is 0 Å². The van der Waals surface area contributed by atoms with Gasteiger partial charge in [-0.25, -0.2) is 0 Å². The third-order valence-corrected chi connectivity index (χ3v) is 3.43. The summed E-state index contributed by atoms with van der Waals surface area (Å²) >= 11 is 3.29. The van der Waals surface area contributed by atoms with E-state index in [0.717, 1.165) is 5.33 Å². The summed E-state index contributed by atoms with van der Waals surface area (Å²) in [5.74, 6) is 0.122. The van der Waals surface area contributed by atoms with Crippen molar-refractivity contribution >= 4 is 21.9 Å². The van der Waals surface area contributed by atoms with Crippen LogP contribution in [0.25, 0.3) is 0 Å². The van der Waals surface area contributed by atoms with Crippen LogP contribution >= 0.6 is 15.9 Å². The summed E-state index contributed by atoms with van der Waals surface area (Å²) < 4.78 is 37.1. The highest BCUT2D eigenvalue weighted by atomic mass is 79.9. The van der Waals surface area contributed by atoms with Crippen LogP contribution in [0.3, 0.4) is 0 Å². The van der Waals surface area contributed by atoms with Crippen molar-refractivity contribution in [2.45, 2.75) is 20.3 Å². The zero-order valence-electron chi connectivity index (χ0n) is 17.3. The Bertz CT molecular complexity index is 331. The van der Waals surface area contributed by atoms with Crippen molar-refractivity contribution in [1.82, 2.24) is 0 Å². The predicted molar refractivity (Wildman–Crippen MR) is 109 cm³/mol. The Balaban J connectivity index is 3.07. The van der Waals surface area contributed by atoms with Crippen LogP contribution in [0.4, 0.5) is 0 Å². The van der Waals surface area contributed by atoms with Gasteiger partial charge in [-0.15, -0.1) is 0 Å². The summed E-state index contributed by atoms with van der Waals surface area (Å²) in [5, 5.41) is 0.839. The zero-order valence-corrected chi connectivity index (χ0v) is 18.9. The van der Waals surface area contributed by atoms with Crippen molar-refractivity contribution in [1.29, 1.82) is 0 Å². The molecule has 28 heavy (non-hydrogen) atoms. The molecular formula is C19H37BrO8. The molecule has 0 aliphatic rings. The smallest absolute Gasteiger partial charge is 0.308 e. The van der Waals surface area contributed by atoms with Crippen LogP contribution in [-0.2, 0) is 38.0 Å². The van der Waals surface area contributed by atoms with Crippen molar-refractivity contribution in [2.75, 3.05) is 91.2 Å². The summed E-state index contributed by atoms with van der Waals surface area (Å²) in [6, 6.07) is 0. The lowest BCUT2D eigenvalue weighted by atomic mass is 10.2. The molecule has 0 fully saturated rings. The van der Waals surface area contributed by atoms with E-state index in [1.165, 1.54) is 0 Å². The molecule has 0 aromatic rings. The first-order chi connectivity index (χ1) is 13.7. The number of carbonyl (C=O) groups excluding carboxylic acids is 1. The third-order valence-electron chi connectivity index (χ3n) is 3.11.